The summed E-state index contributed by atoms with van der Waals surface area (Å²) >= 11 is 8.63. The number of rotatable bonds is 2. The van der Waals surface area contributed by atoms with E-state index in [2.05, 4.69) is 15.9 Å². The molecule has 0 N–H and O–H groups in total. The summed E-state index contributed by atoms with van der Waals surface area (Å²) in [6.07, 6.45) is 0. The maximum Gasteiger partial charge on any atom is 0.335 e. The summed E-state index contributed by atoms with van der Waals surface area (Å²) in [5.74, 6) is 0. The molecule has 0 spiro atoms. The maximum atomic E-state index is 10.8. The Kier molecular flexibility index (Phi) is 3.45. The number of hydrogen-bond acceptors (Lipinski definition) is 2. The first kappa shape index (κ1) is 11.1. The maximum absolute atomic E-state index is 10.8. The molecule has 0 amide bonds. The summed E-state index contributed by atoms with van der Waals surface area (Å²) in [5, 5.41) is 0. The Bertz CT molecular complexity index is 392. The van der Waals surface area contributed by atoms with Gasteiger partial charge in [0.05, 0.1) is 5.69 Å². The van der Waals surface area contributed by atoms with Gasteiger partial charge in [-0.15, -0.1) is 0 Å². The van der Waals surface area contributed by atoms with Gasteiger partial charge in [-0.1, -0.05) is 15.9 Å². The van der Waals surface area contributed by atoms with Gasteiger partial charge in [0.15, 0.2) is 0 Å². The van der Waals surface area contributed by atoms with Crippen molar-refractivity contribution in [1.29, 1.82) is 0 Å². The molecular weight excluding hydrogens is 301 g/mol. The topological polar surface area (TPSA) is 37.4 Å². The minimum atomic E-state index is -3.91. The molecule has 3 nitrogen and oxygen atoms in total. The van der Waals surface area contributed by atoms with E-state index in [1.165, 1.54) is 12.1 Å². The zero-order chi connectivity index (χ0) is 10.1. The average Bonchev–Trinajstić information content (AvgIpc) is 2.03. The van der Waals surface area contributed by atoms with Crippen molar-refractivity contribution in [2.75, 3.05) is 3.82 Å². The molecule has 1 rings (SSSR count). The minimum Gasteiger partial charge on any atom is -0.188 e. The lowest BCUT2D eigenvalue weighted by molar-refractivity contribution is 0.611. The van der Waals surface area contributed by atoms with E-state index >= 15 is 0 Å². The molecule has 72 valence electrons. The first-order valence-corrected chi connectivity index (χ1v) is 6.47. The quantitative estimate of drug-likeness (QED) is 0.622. The van der Waals surface area contributed by atoms with Gasteiger partial charge in [-0.05, 0) is 24.3 Å². The Morgan fingerprint density at radius 1 is 1.23 bits per heavy atom. The third kappa shape index (κ3) is 3.02. The minimum absolute atomic E-state index is 0.292. The average molecular weight is 305 g/mol. The lowest BCUT2D eigenvalue weighted by Gasteiger charge is -2.10. The van der Waals surface area contributed by atoms with Crippen LogP contribution >= 0.6 is 38.4 Å². The van der Waals surface area contributed by atoms with E-state index in [4.69, 9.17) is 22.5 Å². The summed E-state index contributed by atoms with van der Waals surface area (Å²) in [6, 6.07) is 6.37. The fourth-order valence-electron chi connectivity index (χ4n) is 0.684. The second-order valence-electron chi connectivity index (χ2n) is 2.13. The monoisotopic (exact) mass is 303 g/mol. The van der Waals surface area contributed by atoms with Gasteiger partial charge < -0.3 is 0 Å². The second-order valence-corrected chi connectivity index (χ2v) is 5.95. The zero-order valence-electron chi connectivity index (χ0n) is 6.12. The molecule has 0 atom stereocenters. The van der Waals surface area contributed by atoms with E-state index in [-0.39, 0.29) is 0 Å². The molecule has 0 aliphatic carbocycles. The van der Waals surface area contributed by atoms with Crippen LogP contribution in [0.15, 0.2) is 28.7 Å². The van der Waals surface area contributed by atoms with Crippen LogP contribution in [0.4, 0.5) is 5.69 Å². The molecule has 1 aromatic carbocycles. The number of halogens is 3. The van der Waals surface area contributed by atoms with E-state index in [1.54, 1.807) is 12.1 Å². The molecule has 0 aromatic heterocycles. The fraction of sp³-hybridized carbons (Fsp3) is 0. The van der Waals surface area contributed by atoms with Crippen molar-refractivity contribution < 1.29 is 8.42 Å². The number of nitrogens with zero attached hydrogens (tertiary/aromatic N) is 1. The Balaban J connectivity index is 3.04. The summed E-state index contributed by atoms with van der Waals surface area (Å²) in [7, 11) is 1.10. The molecule has 0 saturated heterocycles. The first-order chi connectivity index (χ1) is 5.91. The van der Waals surface area contributed by atoms with Crippen LogP contribution in [0.3, 0.4) is 0 Å². The van der Waals surface area contributed by atoms with Gasteiger partial charge in [0.1, 0.15) is 0 Å². The number of benzene rings is 1. The van der Waals surface area contributed by atoms with Crippen LogP contribution in [0, 0.1) is 0 Å². The molecule has 0 saturated carbocycles. The summed E-state index contributed by atoms with van der Waals surface area (Å²) in [4.78, 5) is 0. The molecule has 0 unspecified atom stereocenters. The molecule has 0 bridgehead atoms. The van der Waals surface area contributed by atoms with Crippen LogP contribution in [0.2, 0.25) is 0 Å². The standard InChI is InChI=1S/C6H4BrCl2NO2S/c7-5-1-3-6(4-2-5)10(8)13(9,11)12/h1-4H. The van der Waals surface area contributed by atoms with Crippen LogP contribution in [0.5, 0.6) is 0 Å². The smallest absolute Gasteiger partial charge is 0.188 e. The van der Waals surface area contributed by atoms with Crippen LogP contribution < -0.4 is 3.82 Å². The van der Waals surface area contributed by atoms with Crippen LogP contribution in [0.1, 0.15) is 0 Å². The van der Waals surface area contributed by atoms with E-state index in [0.717, 1.165) is 4.47 Å². The summed E-state index contributed by atoms with van der Waals surface area (Å²) in [5.41, 5.74) is 0.292. The predicted molar refractivity (Wildman–Crippen MR) is 57.2 cm³/mol. The second kappa shape index (κ2) is 4.04. The predicted octanol–water partition coefficient (Wildman–Crippen LogP) is 2.89. The van der Waals surface area contributed by atoms with Crippen molar-refractivity contribution >= 4 is 53.3 Å². The van der Waals surface area contributed by atoms with Crippen molar-refractivity contribution in [3.05, 3.63) is 28.7 Å². The van der Waals surface area contributed by atoms with Crippen molar-refractivity contribution in [3.8, 4) is 0 Å². The molecule has 0 aliphatic heterocycles. The number of hydrogen-bond donors (Lipinski definition) is 0. The third-order valence-electron chi connectivity index (χ3n) is 1.22. The summed E-state index contributed by atoms with van der Waals surface area (Å²) < 4.78 is 22.8. The highest BCUT2D eigenvalue weighted by molar-refractivity contribution is 9.10. The molecule has 7 heteroatoms. The van der Waals surface area contributed by atoms with Crippen LogP contribution in [-0.2, 0) is 9.24 Å². The normalized spacial score (nSPS) is 11.3. The van der Waals surface area contributed by atoms with Gasteiger partial charge in [0.25, 0.3) is 0 Å². The molecule has 0 heterocycles. The molecule has 1 aromatic rings. The van der Waals surface area contributed by atoms with Gasteiger partial charge in [0.2, 0.25) is 0 Å². The van der Waals surface area contributed by atoms with Gasteiger partial charge >= 0.3 is 9.24 Å². The zero-order valence-corrected chi connectivity index (χ0v) is 10.0. The van der Waals surface area contributed by atoms with Gasteiger partial charge in [0, 0.05) is 26.9 Å². The van der Waals surface area contributed by atoms with Gasteiger partial charge in [-0.3, -0.25) is 0 Å². The Morgan fingerprint density at radius 2 is 1.69 bits per heavy atom. The van der Waals surface area contributed by atoms with E-state index in [0.29, 0.717) is 9.51 Å². The highest BCUT2D eigenvalue weighted by Crippen LogP contribution is 2.24. The van der Waals surface area contributed by atoms with Crippen molar-refractivity contribution in [3.63, 3.8) is 0 Å². The van der Waals surface area contributed by atoms with E-state index in [1.807, 2.05) is 0 Å². The fourth-order valence-corrected chi connectivity index (χ4v) is 1.67. The van der Waals surface area contributed by atoms with Crippen molar-refractivity contribution in [2.24, 2.45) is 0 Å². The summed E-state index contributed by atoms with van der Waals surface area (Å²) in [6.45, 7) is 0. The van der Waals surface area contributed by atoms with E-state index in [9.17, 15) is 8.42 Å². The highest BCUT2D eigenvalue weighted by Gasteiger charge is 2.16. The molecule has 0 radical (unpaired) electrons. The van der Waals surface area contributed by atoms with Crippen molar-refractivity contribution in [1.82, 2.24) is 0 Å². The van der Waals surface area contributed by atoms with Crippen LogP contribution in [-0.4, -0.2) is 8.42 Å². The first-order valence-electron chi connectivity index (χ1n) is 3.07. The third-order valence-corrected chi connectivity index (χ3v) is 3.71. The molecule has 13 heavy (non-hydrogen) atoms. The number of anilines is 1. The Morgan fingerprint density at radius 3 is 2.08 bits per heavy atom. The molecule has 0 aliphatic rings. The largest absolute Gasteiger partial charge is 0.335 e. The van der Waals surface area contributed by atoms with E-state index < -0.39 is 9.24 Å². The highest BCUT2D eigenvalue weighted by atomic mass is 79.9. The van der Waals surface area contributed by atoms with Gasteiger partial charge in [-0.25, -0.2) is 0 Å². The van der Waals surface area contributed by atoms with Crippen LogP contribution in [0.25, 0.3) is 0 Å². The Labute approximate surface area is 94.0 Å². The lowest BCUT2D eigenvalue weighted by atomic mass is 10.3. The molecule has 0 fully saturated rings. The Hall–Kier alpha value is 0.0300. The SMILES string of the molecule is O=S(=O)(Cl)N(Cl)c1ccc(Br)cc1. The van der Waals surface area contributed by atoms with Crippen molar-refractivity contribution in [2.45, 2.75) is 0 Å². The lowest BCUT2D eigenvalue weighted by Crippen LogP contribution is -2.14. The van der Waals surface area contributed by atoms with Gasteiger partial charge in [-0.2, -0.15) is 12.2 Å². The molecular formula is C6H4BrCl2NO2S.